The lowest BCUT2D eigenvalue weighted by Gasteiger charge is -2.27. The fourth-order valence-corrected chi connectivity index (χ4v) is 5.67. The summed E-state index contributed by atoms with van der Waals surface area (Å²) >= 11 is 1.27. The van der Waals surface area contributed by atoms with Gasteiger partial charge in [-0.15, -0.1) is 0 Å². The van der Waals surface area contributed by atoms with Gasteiger partial charge in [-0.25, -0.2) is 27.9 Å². The van der Waals surface area contributed by atoms with E-state index in [1.54, 1.807) is 28.3 Å². The first-order valence-electron chi connectivity index (χ1n) is 14.8. The van der Waals surface area contributed by atoms with Crippen molar-refractivity contribution in [3.05, 3.63) is 124 Å². The minimum absolute atomic E-state index is 0.0283. The average molecular weight is 668 g/mol. The normalized spacial score (nSPS) is 13.9. The largest absolute Gasteiger partial charge is 0.478 e. The van der Waals surface area contributed by atoms with Crippen molar-refractivity contribution in [2.24, 2.45) is 0 Å². The number of hydrogen-bond donors (Lipinski definition) is 1. The van der Waals surface area contributed by atoms with E-state index in [1.165, 1.54) is 48.1 Å². The third-order valence-corrected chi connectivity index (χ3v) is 8.38. The van der Waals surface area contributed by atoms with Crippen LogP contribution in [0.1, 0.15) is 45.0 Å². The van der Waals surface area contributed by atoms with Gasteiger partial charge in [-0.3, -0.25) is 4.98 Å². The molecule has 5 heterocycles. The van der Waals surface area contributed by atoms with Gasteiger partial charge in [0.15, 0.2) is 0 Å². The zero-order chi connectivity index (χ0) is 33.2. The summed E-state index contributed by atoms with van der Waals surface area (Å²) in [5.74, 6) is 3.16. The number of ether oxygens (including phenoxy) is 2. The first-order valence-corrected chi connectivity index (χ1v) is 15.6. The van der Waals surface area contributed by atoms with Gasteiger partial charge in [0.05, 0.1) is 46.7 Å². The predicted octanol–water partition coefficient (Wildman–Crippen LogP) is 6.42. The van der Waals surface area contributed by atoms with Gasteiger partial charge >= 0.3 is 5.97 Å². The third-order valence-electron chi connectivity index (χ3n) is 7.80. The molecule has 4 aromatic heterocycles. The van der Waals surface area contributed by atoms with Crippen molar-refractivity contribution >= 4 is 28.5 Å². The number of hydrogen-bond acceptors (Lipinski definition) is 8. The number of carboxylic acid groups (broad SMARTS) is 1. The van der Waals surface area contributed by atoms with Gasteiger partial charge in [-0.05, 0) is 66.0 Å². The maximum absolute atomic E-state index is 15.6. The number of carbonyl (C=O) groups is 1. The Morgan fingerprint density at radius 1 is 1.02 bits per heavy atom. The highest BCUT2D eigenvalue weighted by atomic mass is 32.1. The van der Waals surface area contributed by atoms with E-state index in [1.807, 2.05) is 0 Å². The second kappa shape index (κ2) is 13.3. The van der Waals surface area contributed by atoms with Crippen LogP contribution in [0.25, 0.3) is 22.3 Å². The van der Waals surface area contributed by atoms with Gasteiger partial charge < -0.3 is 19.1 Å². The van der Waals surface area contributed by atoms with E-state index in [2.05, 4.69) is 31.2 Å². The highest BCUT2D eigenvalue weighted by molar-refractivity contribution is 7.03. The molecule has 1 aliphatic heterocycles. The van der Waals surface area contributed by atoms with E-state index in [9.17, 15) is 14.3 Å². The summed E-state index contributed by atoms with van der Waals surface area (Å²) in [7, 11) is 0. The van der Waals surface area contributed by atoms with Gasteiger partial charge in [-0.2, -0.15) is 4.37 Å². The minimum Gasteiger partial charge on any atom is -0.478 e. The van der Waals surface area contributed by atoms with Crippen molar-refractivity contribution < 1.29 is 32.5 Å². The lowest BCUT2D eigenvalue weighted by atomic mass is 10.0. The number of halogens is 3. The number of nitrogens with zero attached hydrogens (tertiary/aromatic N) is 5. The van der Waals surface area contributed by atoms with E-state index >= 15 is 8.78 Å². The fraction of sp³-hybridized carbons (Fsp3) is 0.171. The van der Waals surface area contributed by atoms with Crippen LogP contribution in [0.3, 0.4) is 0 Å². The second-order valence-corrected chi connectivity index (χ2v) is 11.7. The second-order valence-electron chi connectivity index (χ2n) is 11.0. The standard InChI is InChI=1S/C35H24F3N5O4S/c36-26-14-25(29-2-1-3-34(42-29)47-18-31-28(38)10-20(15-39-31)4-5-21-16-40-48-19-21)27(37)11-23(26)13-33-41-30-7-6-22(35(44)45)12-32(30)43(33)17-24-8-9-46-24/h1-3,6-7,10-12,14-16,19,24H,8-9,13,17-18H2,(H,44,45)/t24-/m0/s1. The molecule has 1 aliphatic rings. The molecule has 0 saturated carbocycles. The van der Waals surface area contributed by atoms with E-state index in [0.717, 1.165) is 24.1 Å². The van der Waals surface area contributed by atoms with Crippen molar-refractivity contribution in [1.29, 1.82) is 0 Å². The highest BCUT2D eigenvalue weighted by Crippen LogP contribution is 2.29. The Labute approximate surface area is 275 Å². The summed E-state index contributed by atoms with van der Waals surface area (Å²) in [6.45, 7) is 0.778. The van der Waals surface area contributed by atoms with E-state index < -0.39 is 23.4 Å². The van der Waals surface area contributed by atoms with E-state index in [4.69, 9.17) is 9.47 Å². The van der Waals surface area contributed by atoms with Gasteiger partial charge in [-0.1, -0.05) is 17.9 Å². The number of aromatic carboxylic acids is 1. The minimum atomic E-state index is -1.08. The number of pyridine rings is 2. The van der Waals surface area contributed by atoms with Crippen molar-refractivity contribution in [2.45, 2.75) is 32.1 Å². The molecule has 0 amide bonds. The zero-order valence-corrected chi connectivity index (χ0v) is 25.8. The number of aromatic nitrogens is 5. The van der Waals surface area contributed by atoms with E-state index in [0.29, 0.717) is 35.6 Å². The molecular weight excluding hydrogens is 643 g/mol. The van der Waals surface area contributed by atoms with Gasteiger partial charge in [0.1, 0.15) is 35.6 Å². The number of benzene rings is 2. The monoisotopic (exact) mass is 667 g/mol. The van der Waals surface area contributed by atoms with Crippen molar-refractivity contribution in [2.75, 3.05) is 6.61 Å². The van der Waals surface area contributed by atoms with Crippen LogP contribution in [-0.2, 0) is 24.3 Å². The Kier molecular flexibility index (Phi) is 8.58. The number of imidazole rings is 1. The molecule has 0 radical (unpaired) electrons. The third kappa shape index (κ3) is 6.62. The molecule has 7 rings (SSSR count). The van der Waals surface area contributed by atoms with Crippen LogP contribution >= 0.6 is 11.5 Å². The van der Waals surface area contributed by atoms with Crippen molar-refractivity contribution in [1.82, 2.24) is 23.9 Å². The molecule has 0 spiro atoms. The summed E-state index contributed by atoms with van der Waals surface area (Å²) in [5, 5.41) is 11.3. The predicted molar refractivity (Wildman–Crippen MR) is 170 cm³/mol. The Bertz CT molecular complexity index is 2230. The molecule has 48 heavy (non-hydrogen) atoms. The molecule has 13 heteroatoms. The lowest BCUT2D eigenvalue weighted by Crippen LogP contribution is -2.31. The maximum atomic E-state index is 15.6. The quantitative estimate of drug-likeness (QED) is 0.176. The summed E-state index contributed by atoms with van der Waals surface area (Å²) in [6, 6.07) is 12.6. The maximum Gasteiger partial charge on any atom is 0.335 e. The number of carboxylic acids is 1. The van der Waals surface area contributed by atoms with E-state index in [-0.39, 0.29) is 53.1 Å². The fourth-order valence-electron chi connectivity index (χ4n) is 5.21. The Hall–Kier alpha value is -5.58. The van der Waals surface area contributed by atoms with Crippen LogP contribution in [0.4, 0.5) is 13.2 Å². The molecule has 1 atom stereocenters. The molecule has 1 N–H and O–H groups in total. The van der Waals surface area contributed by atoms with Gasteiger partial charge in [0.25, 0.3) is 0 Å². The van der Waals surface area contributed by atoms with Crippen molar-refractivity contribution in [3.63, 3.8) is 0 Å². The molecule has 1 saturated heterocycles. The summed E-state index contributed by atoms with van der Waals surface area (Å²) in [4.78, 5) is 24.6. The Morgan fingerprint density at radius 3 is 2.62 bits per heavy atom. The van der Waals surface area contributed by atoms with Gasteiger partial charge in [0, 0.05) is 41.8 Å². The summed E-state index contributed by atoms with van der Waals surface area (Å²) < 4.78 is 62.8. The van der Waals surface area contributed by atoms with Crippen LogP contribution in [0.5, 0.6) is 5.88 Å². The zero-order valence-electron chi connectivity index (χ0n) is 25.0. The molecule has 1 fully saturated rings. The molecule has 240 valence electrons. The van der Waals surface area contributed by atoms with Crippen LogP contribution in [0.2, 0.25) is 0 Å². The molecule has 9 nitrogen and oxygen atoms in total. The molecule has 6 aromatic rings. The van der Waals surface area contributed by atoms with Crippen LogP contribution in [0.15, 0.2) is 72.4 Å². The molecular formula is C35H24F3N5O4S. The SMILES string of the molecule is O=C(O)c1ccc2nc(Cc3cc(F)c(-c4cccc(OCc5ncc(C#Cc6cnsc6)cc5F)n4)cc3F)n(C[C@@H]3CCO3)c2c1. The average Bonchev–Trinajstić information content (AvgIpc) is 3.70. The van der Waals surface area contributed by atoms with Crippen LogP contribution in [0, 0.1) is 29.3 Å². The van der Waals surface area contributed by atoms with Crippen molar-refractivity contribution in [3.8, 4) is 29.0 Å². The Balaban J connectivity index is 1.09. The Morgan fingerprint density at radius 2 is 1.88 bits per heavy atom. The summed E-state index contributed by atoms with van der Waals surface area (Å²) in [6.07, 6.45) is 3.75. The first kappa shape index (κ1) is 31.0. The highest BCUT2D eigenvalue weighted by Gasteiger charge is 2.24. The molecule has 0 aliphatic carbocycles. The van der Waals surface area contributed by atoms with Gasteiger partial charge in [0.2, 0.25) is 5.88 Å². The first-order chi connectivity index (χ1) is 23.3. The number of fused-ring (bicyclic) bond motifs is 1. The topological polar surface area (TPSA) is 112 Å². The lowest BCUT2D eigenvalue weighted by molar-refractivity contribution is -0.0589. The van der Waals surface area contributed by atoms with Crippen LogP contribution in [-0.4, -0.2) is 47.7 Å². The number of rotatable bonds is 9. The van der Waals surface area contributed by atoms with Crippen LogP contribution < -0.4 is 4.74 Å². The molecule has 0 unspecified atom stereocenters. The molecule has 0 bridgehead atoms. The molecule has 2 aromatic carbocycles. The summed E-state index contributed by atoms with van der Waals surface area (Å²) in [5.41, 5.74) is 2.45. The smallest absolute Gasteiger partial charge is 0.335 e.